The molecule has 5 atom stereocenters. The van der Waals surface area contributed by atoms with E-state index in [0.717, 1.165) is 23.8 Å². The van der Waals surface area contributed by atoms with Crippen LogP contribution < -0.4 is 5.73 Å². The zero-order chi connectivity index (χ0) is 25.6. The lowest BCUT2D eigenvalue weighted by Gasteiger charge is -2.44. The lowest BCUT2D eigenvalue weighted by Crippen LogP contribution is -2.47. The molecular weight excluding hydrogens is 490 g/mol. The number of esters is 1. The van der Waals surface area contributed by atoms with Crippen molar-refractivity contribution in [3.05, 3.63) is 0 Å². The average Bonchev–Trinajstić information content (AvgIpc) is 3.57. The Morgan fingerprint density at radius 1 is 1.14 bits per heavy atom. The molecule has 4 saturated carbocycles. The molecule has 6 fully saturated rings. The largest absolute Gasteiger partial charge is 0.465 e. The zero-order valence-corrected chi connectivity index (χ0v) is 21.6. The first-order valence-electron chi connectivity index (χ1n) is 13.1. The SMILES string of the molecule is CC(C)(CCOC(=O)C12CC3CC4CC(C1)C3C42)COS(=O)(=O)ON1C(=O)N2C[C@H]1CC[C@H]2C(N)=O. The van der Waals surface area contributed by atoms with Gasteiger partial charge in [-0.15, -0.1) is 4.28 Å². The van der Waals surface area contributed by atoms with Gasteiger partial charge in [0.15, 0.2) is 0 Å². The zero-order valence-electron chi connectivity index (χ0n) is 20.8. The first-order valence-corrected chi connectivity index (χ1v) is 14.4. The number of nitrogens with zero attached hydrogens (tertiary/aromatic N) is 2. The Morgan fingerprint density at radius 3 is 2.44 bits per heavy atom. The molecule has 200 valence electrons. The van der Waals surface area contributed by atoms with Gasteiger partial charge in [-0.05, 0) is 80.0 Å². The maximum Gasteiger partial charge on any atom is 0.421 e. The van der Waals surface area contributed by atoms with Crippen LogP contribution in [0.3, 0.4) is 0 Å². The van der Waals surface area contributed by atoms with Crippen LogP contribution in [0.2, 0.25) is 0 Å². The molecule has 6 rings (SSSR count). The average molecular weight is 526 g/mol. The number of fused-ring (bicyclic) bond motifs is 2. The lowest BCUT2D eigenvalue weighted by molar-refractivity contribution is -0.163. The van der Waals surface area contributed by atoms with Crippen LogP contribution >= 0.6 is 0 Å². The highest BCUT2D eigenvalue weighted by Gasteiger charge is 2.75. The van der Waals surface area contributed by atoms with Gasteiger partial charge < -0.3 is 15.4 Å². The third-order valence-electron chi connectivity index (χ3n) is 9.95. The number of urea groups is 1. The van der Waals surface area contributed by atoms with Crippen molar-refractivity contribution in [3.8, 4) is 0 Å². The number of piperidine rings is 1. The van der Waals surface area contributed by atoms with Gasteiger partial charge in [0, 0.05) is 6.54 Å². The van der Waals surface area contributed by atoms with E-state index in [2.05, 4.69) is 0 Å². The molecule has 0 aromatic heterocycles. The molecule has 8 bridgehead atoms. The topological polar surface area (TPSA) is 146 Å². The minimum atomic E-state index is -4.52. The number of ether oxygens (including phenoxy) is 1. The second-order valence-corrected chi connectivity index (χ2v) is 13.8. The van der Waals surface area contributed by atoms with Crippen LogP contribution in [-0.2, 0) is 33.2 Å². The van der Waals surface area contributed by atoms with Gasteiger partial charge in [0.2, 0.25) is 5.91 Å². The van der Waals surface area contributed by atoms with E-state index in [1.54, 1.807) is 0 Å². The van der Waals surface area contributed by atoms with Gasteiger partial charge in [-0.1, -0.05) is 13.8 Å². The summed E-state index contributed by atoms with van der Waals surface area (Å²) in [6, 6.07) is -1.98. The highest BCUT2D eigenvalue weighted by molar-refractivity contribution is 7.81. The first kappa shape index (κ1) is 24.4. The summed E-state index contributed by atoms with van der Waals surface area (Å²) >= 11 is 0. The van der Waals surface area contributed by atoms with Crippen molar-refractivity contribution in [2.75, 3.05) is 19.8 Å². The maximum atomic E-state index is 13.1. The molecule has 0 aromatic carbocycles. The summed E-state index contributed by atoms with van der Waals surface area (Å²) in [5, 5.41) is 0.765. The summed E-state index contributed by atoms with van der Waals surface area (Å²) in [6.07, 6.45) is 5.70. The Labute approximate surface area is 211 Å². The fourth-order valence-electron chi connectivity index (χ4n) is 8.63. The molecule has 0 radical (unpaired) electrons. The van der Waals surface area contributed by atoms with Crippen molar-refractivity contribution >= 4 is 28.3 Å². The third kappa shape index (κ3) is 3.65. The Morgan fingerprint density at radius 2 is 1.83 bits per heavy atom. The van der Waals surface area contributed by atoms with Gasteiger partial charge in [-0.2, -0.15) is 13.5 Å². The Balaban J connectivity index is 0.984. The smallest absolute Gasteiger partial charge is 0.421 e. The Kier molecular flexibility index (Phi) is 5.45. The van der Waals surface area contributed by atoms with Crippen molar-refractivity contribution in [2.45, 2.75) is 70.9 Å². The minimum Gasteiger partial charge on any atom is -0.465 e. The van der Waals surface area contributed by atoms with Crippen LogP contribution in [0.1, 0.15) is 58.8 Å². The van der Waals surface area contributed by atoms with Crippen LogP contribution in [0.4, 0.5) is 4.79 Å². The molecular formula is C24H35N3O8S. The summed E-state index contributed by atoms with van der Waals surface area (Å²) in [5.74, 6) is 2.66. The number of amides is 3. The molecule has 2 N–H and O–H groups in total. The van der Waals surface area contributed by atoms with Crippen molar-refractivity contribution in [3.63, 3.8) is 0 Å². The molecule has 3 unspecified atom stereocenters. The summed E-state index contributed by atoms with van der Waals surface area (Å²) < 4.78 is 40.8. The molecule has 0 spiro atoms. The maximum absolute atomic E-state index is 13.1. The fourth-order valence-corrected chi connectivity index (χ4v) is 9.52. The van der Waals surface area contributed by atoms with Gasteiger partial charge >= 0.3 is 22.4 Å². The second-order valence-electron chi connectivity index (χ2n) is 12.6. The fraction of sp³-hybridized carbons (Fsp3) is 0.875. The number of hydrogen-bond donors (Lipinski definition) is 1. The number of hydrogen-bond acceptors (Lipinski definition) is 8. The normalized spacial score (nSPS) is 40.1. The molecule has 36 heavy (non-hydrogen) atoms. The van der Waals surface area contributed by atoms with Gasteiger partial charge in [0.1, 0.15) is 6.04 Å². The summed E-state index contributed by atoms with van der Waals surface area (Å²) in [4.78, 5) is 38.5. The van der Waals surface area contributed by atoms with Gasteiger partial charge in [-0.25, -0.2) is 8.98 Å². The molecule has 2 aliphatic heterocycles. The molecule has 6 aliphatic rings. The van der Waals surface area contributed by atoms with Crippen LogP contribution in [0.25, 0.3) is 0 Å². The van der Waals surface area contributed by atoms with E-state index in [1.165, 1.54) is 17.7 Å². The lowest BCUT2D eigenvalue weighted by atomic mass is 9.61. The quantitative estimate of drug-likeness (QED) is 0.423. The van der Waals surface area contributed by atoms with E-state index in [1.807, 2.05) is 13.8 Å². The van der Waals surface area contributed by atoms with E-state index >= 15 is 0 Å². The Hall–Kier alpha value is -1.92. The second kappa shape index (κ2) is 8.04. The molecule has 2 saturated heterocycles. The van der Waals surface area contributed by atoms with Gasteiger partial charge in [0.05, 0.1) is 24.7 Å². The van der Waals surface area contributed by atoms with E-state index in [4.69, 9.17) is 18.9 Å². The van der Waals surface area contributed by atoms with Crippen molar-refractivity contribution in [1.29, 1.82) is 0 Å². The van der Waals surface area contributed by atoms with Crippen molar-refractivity contribution in [2.24, 2.45) is 46.2 Å². The third-order valence-corrected chi connectivity index (χ3v) is 10.7. The van der Waals surface area contributed by atoms with Crippen LogP contribution in [0, 0.1) is 40.4 Å². The van der Waals surface area contributed by atoms with E-state index in [-0.39, 0.29) is 31.1 Å². The Bertz CT molecular complexity index is 1080. The van der Waals surface area contributed by atoms with Crippen molar-refractivity contribution < 1.29 is 36.0 Å². The monoisotopic (exact) mass is 525 g/mol. The number of hydroxylamine groups is 2. The van der Waals surface area contributed by atoms with Gasteiger partial charge in [0.25, 0.3) is 0 Å². The summed E-state index contributed by atoms with van der Waals surface area (Å²) in [6.45, 7) is 3.82. The number of nitrogens with two attached hydrogens (primary N) is 1. The highest BCUT2D eigenvalue weighted by atomic mass is 32.3. The first-order chi connectivity index (χ1) is 16.9. The molecule has 0 aromatic rings. The molecule has 11 nitrogen and oxygen atoms in total. The summed E-state index contributed by atoms with van der Waals surface area (Å²) in [5.41, 5.74) is 4.46. The predicted molar refractivity (Wildman–Crippen MR) is 124 cm³/mol. The number of rotatable bonds is 10. The number of carbonyl (C=O) groups is 3. The highest BCUT2D eigenvalue weighted by Crippen LogP contribution is 2.78. The number of primary amides is 1. The predicted octanol–water partition coefficient (Wildman–Crippen LogP) is 1.58. The minimum absolute atomic E-state index is 0.0671. The van der Waals surface area contributed by atoms with Crippen LogP contribution in [0.5, 0.6) is 0 Å². The molecule has 2 heterocycles. The van der Waals surface area contributed by atoms with Crippen LogP contribution in [0.15, 0.2) is 0 Å². The molecule has 12 heteroatoms. The van der Waals surface area contributed by atoms with E-state index in [0.29, 0.717) is 42.9 Å². The standard InChI is InChI=1S/C24H35N3O8S/c1-23(2,5-6-33-21(29)24-9-14-7-13-8-15(10-24)18(14)19(13)24)12-34-36(31,32)35-27-16-3-4-17(20(25)28)26(11-16)22(27)30/h13-19H,3-12H2,1-2H3,(H2,25,28)/t13?,14?,15?,16-,17+,18?,19?,24?/m1/s1. The number of carbonyl (C=O) groups excluding carboxylic acids is 3. The van der Waals surface area contributed by atoms with Crippen molar-refractivity contribution in [1.82, 2.24) is 9.96 Å². The van der Waals surface area contributed by atoms with E-state index < -0.39 is 39.8 Å². The molecule has 3 amide bonds. The van der Waals surface area contributed by atoms with E-state index in [9.17, 15) is 22.8 Å². The van der Waals surface area contributed by atoms with Crippen LogP contribution in [-0.4, -0.2) is 68.1 Å². The molecule has 4 aliphatic carbocycles. The summed E-state index contributed by atoms with van der Waals surface area (Å²) in [7, 11) is -4.52. The van der Waals surface area contributed by atoms with Gasteiger partial charge in [-0.3, -0.25) is 9.59 Å².